The third-order valence-corrected chi connectivity index (χ3v) is 4.20. The van der Waals surface area contributed by atoms with Gasteiger partial charge in [0.05, 0.1) is 13.7 Å². The van der Waals surface area contributed by atoms with Gasteiger partial charge in [0.1, 0.15) is 5.75 Å². The zero-order chi connectivity index (χ0) is 18.8. The summed E-state index contributed by atoms with van der Waals surface area (Å²) in [6, 6.07) is 14.7. The minimum Gasteiger partial charge on any atom is -0.496 e. The number of methoxy groups -OCH3 is 2. The first-order chi connectivity index (χ1) is 12.7. The number of aliphatic imine (C=N–C) groups is 1. The fourth-order valence-corrected chi connectivity index (χ4v) is 2.67. The van der Waals surface area contributed by atoms with E-state index in [1.165, 1.54) is 16.7 Å². The third-order valence-electron chi connectivity index (χ3n) is 4.20. The molecule has 0 aromatic heterocycles. The van der Waals surface area contributed by atoms with E-state index in [1.807, 2.05) is 0 Å². The summed E-state index contributed by atoms with van der Waals surface area (Å²) >= 11 is 0. The number of hydrogen-bond donors (Lipinski definition) is 2. The molecule has 2 rings (SSSR count). The summed E-state index contributed by atoms with van der Waals surface area (Å²) in [6.07, 6.45) is 0.906. The van der Waals surface area contributed by atoms with Crippen LogP contribution in [0.15, 0.2) is 47.5 Å². The summed E-state index contributed by atoms with van der Waals surface area (Å²) < 4.78 is 10.5. The minimum absolute atomic E-state index is 0. The lowest BCUT2D eigenvalue weighted by atomic mass is 10.1. The van der Waals surface area contributed by atoms with Crippen molar-refractivity contribution in [1.29, 1.82) is 0 Å². The number of aryl methyl sites for hydroxylation is 1. The molecular formula is C21H30IN3O2. The topological polar surface area (TPSA) is 54.9 Å². The molecule has 0 unspecified atom stereocenters. The van der Waals surface area contributed by atoms with E-state index >= 15 is 0 Å². The van der Waals surface area contributed by atoms with Crippen molar-refractivity contribution in [2.45, 2.75) is 26.5 Å². The van der Waals surface area contributed by atoms with Gasteiger partial charge in [-0.25, -0.2) is 0 Å². The fourth-order valence-electron chi connectivity index (χ4n) is 2.67. The molecule has 148 valence electrons. The van der Waals surface area contributed by atoms with E-state index in [1.54, 1.807) is 21.3 Å². The van der Waals surface area contributed by atoms with Crippen LogP contribution < -0.4 is 15.4 Å². The van der Waals surface area contributed by atoms with E-state index in [4.69, 9.17) is 9.47 Å². The van der Waals surface area contributed by atoms with Gasteiger partial charge in [-0.05, 0) is 41.7 Å². The normalized spacial score (nSPS) is 10.9. The van der Waals surface area contributed by atoms with Crippen LogP contribution in [0.4, 0.5) is 0 Å². The van der Waals surface area contributed by atoms with E-state index in [0.717, 1.165) is 36.8 Å². The maximum atomic E-state index is 5.38. The van der Waals surface area contributed by atoms with Crippen LogP contribution in [-0.4, -0.2) is 33.8 Å². The molecule has 0 radical (unpaired) electrons. The molecule has 2 aromatic carbocycles. The standard InChI is InChI=1S/C21H29N3O2.HI/c1-16-5-6-17(13-20(16)26-4)11-12-23-21(22-2)24-14-18-7-9-19(10-8-18)15-25-3;/h5-10,13H,11-12,14-15H2,1-4H3,(H2,22,23,24);1H. The van der Waals surface area contributed by atoms with Crippen LogP contribution in [0.25, 0.3) is 0 Å². The molecule has 0 atom stereocenters. The summed E-state index contributed by atoms with van der Waals surface area (Å²) in [5, 5.41) is 6.69. The highest BCUT2D eigenvalue weighted by atomic mass is 127. The van der Waals surface area contributed by atoms with Gasteiger partial charge < -0.3 is 20.1 Å². The molecule has 0 spiro atoms. The van der Waals surface area contributed by atoms with E-state index in [-0.39, 0.29) is 24.0 Å². The highest BCUT2D eigenvalue weighted by molar-refractivity contribution is 14.0. The molecule has 0 saturated heterocycles. The second kappa shape index (κ2) is 12.6. The zero-order valence-corrected chi connectivity index (χ0v) is 18.9. The van der Waals surface area contributed by atoms with Gasteiger partial charge in [-0.3, -0.25) is 4.99 Å². The predicted octanol–water partition coefficient (Wildman–Crippen LogP) is 3.68. The number of halogens is 1. The van der Waals surface area contributed by atoms with Gasteiger partial charge in [0.25, 0.3) is 0 Å². The summed E-state index contributed by atoms with van der Waals surface area (Å²) in [4.78, 5) is 4.28. The van der Waals surface area contributed by atoms with Crippen molar-refractivity contribution in [3.05, 3.63) is 64.7 Å². The number of hydrogen-bond acceptors (Lipinski definition) is 3. The maximum Gasteiger partial charge on any atom is 0.191 e. The predicted molar refractivity (Wildman–Crippen MR) is 122 cm³/mol. The van der Waals surface area contributed by atoms with Crippen LogP contribution in [0.3, 0.4) is 0 Å². The first-order valence-electron chi connectivity index (χ1n) is 8.81. The highest BCUT2D eigenvalue weighted by Crippen LogP contribution is 2.18. The summed E-state index contributed by atoms with van der Waals surface area (Å²) in [5.41, 5.74) is 4.77. The lowest BCUT2D eigenvalue weighted by Gasteiger charge is -2.13. The van der Waals surface area contributed by atoms with Gasteiger partial charge in [-0.15, -0.1) is 24.0 Å². The highest BCUT2D eigenvalue weighted by Gasteiger charge is 2.02. The average molecular weight is 483 g/mol. The number of rotatable bonds is 8. The van der Waals surface area contributed by atoms with E-state index in [2.05, 4.69) is 65.0 Å². The molecule has 0 saturated carbocycles. The van der Waals surface area contributed by atoms with Crippen LogP contribution in [0.5, 0.6) is 5.75 Å². The van der Waals surface area contributed by atoms with Gasteiger partial charge in [0.15, 0.2) is 5.96 Å². The van der Waals surface area contributed by atoms with Gasteiger partial charge in [0.2, 0.25) is 0 Å². The number of benzene rings is 2. The van der Waals surface area contributed by atoms with Crippen molar-refractivity contribution < 1.29 is 9.47 Å². The summed E-state index contributed by atoms with van der Waals surface area (Å²) in [6.45, 7) is 4.22. The van der Waals surface area contributed by atoms with Crippen molar-refractivity contribution >= 4 is 29.9 Å². The van der Waals surface area contributed by atoms with E-state index < -0.39 is 0 Å². The Morgan fingerprint density at radius 2 is 1.63 bits per heavy atom. The zero-order valence-electron chi connectivity index (χ0n) is 16.5. The van der Waals surface area contributed by atoms with Crippen LogP contribution in [-0.2, 0) is 24.3 Å². The molecule has 2 N–H and O–H groups in total. The average Bonchev–Trinajstić information content (AvgIpc) is 2.67. The first-order valence-corrected chi connectivity index (χ1v) is 8.81. The molecule has 0 heterocycles. The molecule has 0 aliphatic carbocycles. The van der Waals surface area contributed by atoms with Crippen LogP contribution >= 0.6 is 24.0 Å². The van der Waals surface area contributed by atoms with Crippen LogP contribution in [0, 0.1) is 6.92 Å². The lowest BCUT2D eigenvalue weighted by molar-refractivity contribution is 0.185. The molecule has 0 fully saturated rings. The SMILES string of the molecule is CN=C(NCCc1ccc(C)c(OC)c1)NCc1ccc(COC)cc1.I. The number of guanidine groups is 1. The Labute approximate surface area is 179 Å². The molecule has 0 aliphatic heterocycles. The second-order valence-electron chi connectivity index (χ2n) is 6.16. The quantitative estimate of drug-likeness (QED) is 0.342. The van der Waals surface area contributed by atoms with Crippen molar-refractivity contribution in [1.82, 2.24) is 10.6 Å². The largest absolute Gasteiger partial charge is 0.496 e. The molecule has 6 heteroatoms. The minimum atomic E-state index is 0. The van der Waals surface area contributed by atoms with Crippen molar-refractivity contribution in [3.8, 4) is 5.75 Å². The molecule has 0 amide bonds. The molecule has 27 heavy (non-hydrogen) atoms. The fraction of sp³-hybridized carbons (Fsp3) is 0.381. The third kappa shape index (κ3) is 7.76. The van der Waals surface area contributed by atoms with Gasteiger partial charge in [-0.1, -0.05) is 36.4 Å². The number of nitrogens with zero attached hydrogens (tertiary/aromatic N) is 1. The number of ether oxygens (including phenoxy) is 2. The van der Waals surface area contributed by atoms with Crippen molar-refractivity contribution in [3.63, 3.8) is 0 Å². The van der Waals surface area contributed by atoms with E-state index in [9.17, 15) is 0 Å². The second-order valence-corrected chi connectivity index (χ2v) is 6.16. The van der Waals surface area contributed by atoms with Gasteiger partial charge >= 0.3 is 0 Å². The van der Waals surface area contributed by atoms with Gasteiger partial charge in [-0.2, -0.15) is 0 Å². The Morgan fingerprint density at radius 1 is 0.963 bits per heavy atom. The van der Waals surface area contributed by atoms with E-state index in [0.29, 0.717) is 6.61 Å². The Bertz CT molecular complexity index is 718. The van der Waals surface area contributed by atoms with Crippen molar-refractivity contribution in [2.24, 2.45) is 4.99 Å². The Balaban J connectivity index is 0.00000364. The molecule has 0 bridgehead atoms. The Morgan fingerprint density at radius 3 is 2.26 bits per heavy atom. The smallest absolute Gasteiger partial charge is 0.191 e. The Kier molecular flexibility index (Phi) is 10.8. The first kappa shape index (κ1) is 23.2. The van der Waals surface area contributed by atoms with Crippen LogP contribution in [0.2, 0.25) is 0 Å². The van der Waals surface area contributed by atoms with Gasteiger partial charge in [0, 0.05) is 27.2 Å². The molecular weight excluding hydrogens is 453 g/mol. The van der Waals surface area contributed by atoms with Crippen molar-refractivity contribution in [2.75, 3.05) is 27.8 Å². The summed E-state index contributed by atoms with van der Waals surface area (Å²) in [5.74, 6) is 1.73. The molecule has 5 nitrogen and oxygen atoms in total. The maximum absolute atomic E-state index is 5.38. The lowest BCUT2D eigenvalue weighted by Crippen LogP contribution is -2.37. The monoisotopic (exact) mass is 483 g/mol. The summed E-state index contributed by atoms with van der Waals surface area (Å²) in [7, 11) is 5.20. The van der Waals surface area contributed by atoms with Crippen LogP contribution in [0.1, 0.15) is 22.3 Å². The molecule has 0 aliphatic rings. The Hall–Kier alpha value is -1.80. The number of nitrogens with one attached hydrogen (secondary N) is 2. The molecule has 2 aromatic rings.